The third-order valence-corrected chi connectivity index (χ3v) is 3.51. The van der Waals surface area contributed by atoms with Gasteiger partial charge < -0.3 is 15.5 Å². The van der Waals surface area contributed by atoms with E-state index in [1.165, 1.54) is 0 Å². The van der Waals surface area contributed by atoms with Gasteiger partial charge in [-0.25, -0.2) is 9.78 Å². The van der Waals surface area contributed by atoms with Crippen LogP contribution in [0.15, 0.2) is 18.6 Å². The Bertz CT molecular complexity index is 369. The van der Waals surface area contributed by atoms with Crippen molar-refractivity contribution in [3.8, 4) is 0 Å². The number of thioether (sulfide) groups is 1. The molecular formula is C11H17N5OS. The van der Waals surface area contributed by atoms with Crippen LogP contribution in [0, 0.1) is 0 Å². The molecule has 1 aliphatic rings. The first kappa shape index (κ1) is 12.9. The molecule has 1 aliphatic heterocycles. The number of amides is 2. The first-order valence-electron chi connectivity index (χ1n) is 5.96. The predicted octanol–water partition coefficient (Wildman–Crippen LogP) is 0.647. The molecular weight excluding hydrogens is 250 g/mol. The Balaban J connectivity index is 1.61. The quantitative estimate of drug-likeness (QED) is 0.784. The molecule has 2 rings (SSSR count). The van der Waals surface area contributed by atoms with E-state index in [1.54, 1.807) is 18.6 Å². The Labute approximate surface area is 111 Å². The number of anilines is 1. The molecule has 1 aromatic rings. The van der Waals surface area contributed by atoms with Gasteiger partial charge in [0.05, 0.1) is 6.20 Å². The van der Waals surface area contributed by atoms with Crippen LogP contribution in [0.4, 0.5) is 10.6 Å². The third kappa shape index (κ3) is 4.06. The lowest BCUT2D eigenvalue weighted by Crippen LogP contribution is -2.45. The molecule has 2 amide bonds. The van der Waals surface area contributed by atoms with Crippen molar-refractivity contribution in [2.45, 2.75) is 0 Å². The van der Waals surface area contributed by atoms with Crippen LogP contribution < -0.4 is 10.6 Å². The summed E-state index contributed by atoms with van der Waals surface area (Å²) >= 11 is 1.89. The number of aromatic nitrogens is 2. The molecule has 98 valence electrons. The third-order valence-electron chi connectivity index (χ3n) is 2.57. The number of hydrogen-bond donors (Lipinski definition) is 2. The first-order chi connectivity index (χ1) is 8.86. The zero-order valence-corrected chi connectivity index (χ0v) is 10.9. The maximum atomic E-state index is 11.8. The molecule has 18 heavy (non-hydrogen) atoms. The van der Waals surface area contributed by atoms with Gasteiger partial charge in [-0.3, -0.25) is 4.98 Å². The van der Waals surface area contributed by atoms with Gasteiger partial charge in [0.2, 0.25) is 0 Å². The van der Waals surface area contributed by atoms with Gasteiger partial charge in [0, 0.05) is 50.1 Å². The number of nitrogens with zero attached hydrogens (tertiary/aromatic N) is 3. The SMILES string of the molecule is O=C(NCCNc1cnccn1)N1CCSCC1. The molecule has 1 saturated heterocycles. The van der Waals surface area contributed by atoms with Crippen molar-refractivity contribution in [1.29, 1.82) is 0 Å². The number of rotatable bonds is 4. The Morgan fingerprint density at radius 2 is 2.17 bits per heavy atom. The number of urea groups is 1. The average Bonchev–Trinajstić information content (AvgIpc) is 2.45. The van der Waals surface area contributed by atoms with Crippen molar-refractivity contribution in [3.63, 3.8) is 0 Å². The van der Waals surface area contributed by atoms with Crippen LogP contribution in [-0.2, 0) is 0 Å². The number of carbonyl (C=O) groups excluding carboxylic acids is 1. The van der Waals surface area contributed by atoms with E-state index >= 15 is 0 Å². The van der Waals surface area contributed by atoms with Crippen molar-refractivity contribution in [1.82, 2.24) is 20.2 Å². The smallest absolute Gasteiger partial charge is 0.317 e. The lowest BCUT2D eigenvalue weighted by atomic mass is 10.5. The molecule has 7 heteroatoms. The minimum absolute atomic E-state index is 0.0243. The standard InChI is InChI=1S/C11H17N5OS/c17-11(16-5-7-18-8-6-16)15-4-3-14-10-9-12-1-2-13-10/h1-2,9H,3-8H2,(H,13,14)(H,15,17). The Morgan fingerprint density at radius 3 is 2.89 bits per heavy atom. The maximum Gasteiger partial charge on any atom is 0.317 e. The van der Waals surface area contributed by atoms with Crippen molar-refractivity contribution in [3.05, 3.63) is 18.6 Å². The van der Waals surface area contributed by atoms with Crippen molar-refractivity contribution in [2.24, 2.45) is 0 Å². The molecule has 0 aromatic carbocycles. The zero-order valence-electron chi connectivity index (χ0n) is 10.1. The summed E-state index contributed by atoms with van der Waals surface area (Å²) in [6.45, 7) is 2.91. The van der Waals surface area contributed by atoms with Gasteiger partial charge in [-0.15, -0.1) is 0 Å². The highest BCUT2D eigenvalue weighted by Gasteiger charge is 2.15. The molecule has 2 heterocycles. The molecule has 1 fully saturated rings. The van der Waals surface area contributed by atoms with Crippen LogP contribution in [-0.4, -0.2) is 58.6 Å². The van der Waals surface area contributed by atoms with E-state index in [0.29, 0.717) is 13.1 Å². The summed E-state index contributed by atoms with van der Waals surface area (Å²) in [4.78, 5) is 21.7. The largest absolute Gasteiger partial charge is 0.367 e. The van der Waals surface area contributed by atoms with E-state index in [0.717, 1.165) is 30.4 Å². The fourth-order valence-electron chi connectivity index (χ4n) is 1.63. The Kier molecular flexibility index (Phi) is 5.07. The minimum atomic E-state index is 0.0243. The van der Waals surface area contributed by atoms with E-state index in [-0.39, 0.29) is 6.03 Å². The van der Waals surface area contributed by atoms with Crippen molar-refractivity contribution in [2.75, 3.05) is 43.0 Å². The summed E-state index contributed by atoms with van der Waals surface area (Å²) in [6.07, 6.45) is 4.91. The molecule has 0 saturated carbocycles. The second-order valence-electron chi connectivity index (χ2n) is 3.85. The number of carbonyl (C=O) groups is 1. The second kappa shape index (κ2) is 7.05. The topological polar surface area (TPSA) is 70.1 Å². The van der Waals surface area contributed by atoms with E-state index < -0.39 is 0 Å². The van der Waals surface area contributed by atoms with E-state index in [2.05, 4.69) is 20.6 Å². The fourth-order valence-corrected chi connectivity index (χ4v) is 2.53. The lowest BCUT2D eigenvalue weighted by Gasteiger charge is -2.26. The van der Waals surface area contributed by atoms with Gasteiger partial charge >= 0.3 is 6.03 Å². The van der Waals surface area contributed by atoms with E-state index in [4.69, 9.17) is 0 Å². The molecule has 2 N–H and O–H groups in total. The fraction of sp³-hybridized carbons (Fsp3) is 0.545. The monoisotopic (exact) mass is 267 g/mol. The summed E-state index contributed by atoms with van der Waals surface area (Å²) in [5.41, 5.74) is 0. The van der Waals surface area contributed by atoms with Gasteiger partial charge in [0.15, 0.2) is 0 Å². The van der Waals surface area contributed by atoms with Gasteiger partial charge in [0.25, 0.3) is 0 Å². The Morgan fingerprint density at radius 1 is 1.33 bits per heavy atom. The molecule has 0 unspecified atom stereocenters. The van der Waals surface area contributed by atoms with Crippen LogP contribution in [0.25, 0.3) is 0 Å². The summed E-state index contributed by atoms with van der Waals surface area (Å²) in [5, 5.41) is 5.98. The lowest BCUT2D eigenvalue weighted by molar-refractivity contribution is 0.203. The minimum Gasteiger partial charge on any atom is -0.367 e. The van der Waals surface area contributed by atoms with Gasteiger partial charge in [-0.2, -0.15) is 11.8 Å². The summed E-state index contributed by atoms with van der Waals surface area (Å²) in [6, 6.07) is 0.0243. The molecule has 0 aliphatic carbocycles. The van der Waals surface area contributed by atoms with E-state index in [9.17, 15) is 4.79 Å². The van der Waals surface area contributed by atoms with Crippen LogP contribution in [0.5, 0.6) is 0 Å². The zero-order chi connectivity index (χ0) is 12.6. The molecule has 0 atom stereocenters. The van der Waals surface area contributed by atoms with Crippen molar-refractivity contribution >= 4 is 23.6 Å². The molecule has 0 bridgehead atoms. The Hall–Kier alpha value is -1.50. The number of nitrogens with one attached hydrogen (secondary N) is 2. The highest BCUT2D eigenvalue weighted by molar-refractivity contribution is 7.99. The van der Waals surface area contributed by atoms with Gasteiger partial charge in [0.1, 0.15) is 5.82 Å². The second-order valence-corrected chi connectivity index (χ2v) is 5.07. The van der Waals surface area contributed by atoms with Crippen LogP contribution in [0.2, 0.25) is 0 Å². The highest BCUT2D eigenvalue weighted by atomic mass is 32.2. The van der Waals surface area contributed by atoms with Crippen molar-refractivity contribution < 1.29 is 4.79 Å². The average molecular weight is 267 g/mol. The normalized spacial score (nSPS) is 15.2. The molecule has 0 spiro atoms. The van der Waals surface area contributed by atoms with Gasteiger partial charge in [-0.1, -0.05) is 0 Å². The van der Waals surface area contributed by atoms with Crippen LogP contribution in [0.1, 0.15) is 0 Å². The van der Waals surface area contributed by atoms with Gasteiger partial charge in [-0.05, 0) is 0 Å². The number of hydrogen-bond acceptors (Lipinski definition) is 5. The molecule has 6 nitrogen and oxygen atoms in total. The summed E-state index contributed by atoms with van der Waals surface area (Å²) in [7, 11) is 0. The highest BCUT2D eigenvalue weighted by Crippen LogP contribution is 2.08. The summed E-state index contributed by atoms with van der Waals surface area (Å²) < 4.78 is 0. The van der Waals surface area contributed by atoms with Crippen LogP contribution >= 0.6 is 11.8 Å². The van der Waals surface area contributed by atoms with E-state index in [1.807, 2.05) is 16.7 Å². The first-order valence-corrected chi connectivity index (χ1v) is 7.12. The predicted molar refractivity (Wildman–Crippen MR) is 72.8 cm³/mol. The molecule has 1 aromatic heterocycles. The summed E-state index contributed by atoms with van der Waals surface area (Å²) in [5.74, 6) is 2.79. The molecule has 0 radical (unpaired) electrons. The van der Waals surface area contributed by atoms with Crippen LogP contribution in [0.3, 0.4) is 0 Å². The maximum absolute atomic E-state index is 11.8.